The smallest absolute Gasteiger partial charge is 0.129 e. The van der Waals surface area contributed by atoms with Crippen LogP contribution in [0.25, 0.3) is 0 Å². The summed E-state index contributed by atoms with van der Waals surface area (Å²) in [7, 11) is 0. The molecule has 3 rings (SSSR count). The fourth-order valence-corrected chi connectivity index (χ4v) is 3.27. The number of furan rings is 1. The maximum absolute atomic E-state index is 10.1. The summed E-state index contributed by atoms with van der Waals surface area (Å²) in [6.45, 7) is 5.52. The molecule has 5 nitrogen and oxygen atoms in total. The van der Waals surface area contributed by atoms with E-state index >= 15 is 0 Å². The summed E-state index contributed by atoms with van der Waals surface area (Å²) < 4.78 is 10.7. The lowest BCUT2D eigenvalue weighted by molar-refractivity contribution is 0.00213. The van der Waals surface area contributed by atoms with E-state index in [0.717, 1.165) is 31.7 Å². The first-order valence-corrected chi connectivity index (χ1v) is 9.03. The van der Waals surface area contributed by atoms with Crippen LogP contribution in [-0.4, -0.2) is 48.4 Å². The second kappa shape index (κ2) is 9.04. The second-order valence-corrected chi connectivity index (χ2v) is 6.84. The number of hydrogen-bond acceptors (Lipinski definition) is 5. The molecule has 1 aliphatic heterocycles. The van der Waals surface area contributed by atoms with Gasteiger partial charge in [-0.2, -0.15) is 0 Å². The van der Waals surface area contributed by atoms with E-state index in [1.54, 1.807) is 6.26 Å². The molecule has 1 saturated heterocycles. The Morgan fingerprint density at radius 3 is 2.84 bits per heavy atom. The Labute approximate surface area is 149 Å². The van der Waals surface area contributed by atoms with Crippen LogP contribution in [-0.2, 0) is 11.3 Å². The summed E-state index contributed by atoms with van der Waals surface area (Å²) >= 11 is 0. The van der Waals surface area contributed by atoms with Crippen molar-refractivity contribution in [3.8, 4) is 0 Å². The van der Waals surface area contributed by atoms with Crippen LogP contribution < -0.4 is 5.32 Å². The molecule has 1 unspecified atom stereocenters. The first-order valence-electron chi connectivity index (χ1n) is 9.03. The molecular weight excluding hydrogens is 316 g/mol. The Hall–Kier alpha value is -1.82. The van der Waals surface area contributed by atoms with Crippen LogP contribution in [0, 0.1) is 6.92 Å². The van der Waals surface area contributed by atoms with E-state index in [-0.39, 0.29) is 0 Å². The molecule has 0 radical (unpaired) electrons. The molecule has 0 spiro atoms. The van der Waals surface area contributed by atoms with Gasteiger partial charge in [0, 0.05) is 31.4 Å². The van der Waals surface area contributed by atoms with Crippen molar-refractivity contribution in [2.24, 2.45) is 0 Å². The summed E-state index contributed by atoms with van der Waals surface area (Å²) in [6.07, 6.45) is 3.35. The van der Waals surface area contributed by atoms with Crippen LogP contribution in [0.15, 0.2) is 47.1 Å². The van der Waals surface area contributed by atoms with Gasteiger partial charge < -0.3 is 24.5 Å². The highest BCUT2D eigenvalue weighted by atomic mass is 16.5. The minimum absolute atomic E-state index is 0.335. The molecule has 0 aliphatic carbocycles. The minimum atomic E-state index is -0.462. The summed E-state index contributed by atoms with van der Waals surface area (Å²) in [5.41, 5.74) is 2.48. The van der Waals surface area contributed by atoms with Gasteiger partial charge in [0.2, 0.25) is 0 Å². The summed E-state index contributed by atoms with van der Waals surface area (Å²) in [5, 5.41) is 13.8. The van der Waals surface area contributed by atoms with E-state index in [1.165, 1.54) is 11.3 Å². The third kappa shape index (κ3) is 5.88. The van der Waals surface area contributed by atoms with Crippen LogP contribution in [0.5, 0.6) is 0 Å². The molecule has 1 aromatic carbocycles. The monoisotopic (exact) mass is 344 g/mol. The largest absolute Gasteiger partial charge is 0.467 e. The van der Waals surface area contributed by atoms with E-state index in [1.807, 2.05) is 12.1 Å². The number of aliphatic hydroxyl groups is 1. The lowest BCUT2D eigenvalue weighted by Crippen LogP contribution is -2.43. The average Bonchev–Trinajstić information content (AvgIpc) is 3.10. The van der Waals surface area contributed by atoms with Gasteiger partial charge in [-0.25, -0.2) is 0 Å². The van der Waals surface area contributed by atoms with E-state index in [0.29, 0.717) is 25.8 Å². The van der Waals surface area contributed by atoms with Crippen molar-refractivity contribution < 1.29 is 14.3 Å². The highest BCUT2D eigenvalue weighted by Gasteiger charge is 2.21. The zero-order valence-corrected chi connectivity index (χ0v) is 14.9. The van der Waals surface area contributed by atoms with E-state index in [9.17, 15) is 5.11 Å². The van der Waals surface area contributed by atoms with Gasteiger partial charge in [0.15, 0.2) is 0 Å². The molecule has 0 saturated carbocycles. The van der Waals surface area contributed by atoms with Gasteiger partial charge in [-0.15, -0.1) is 0 Å². The third-order valence-corrected chi connectivity index (χ3v) is 4.58. The number of β-amino-alcohol motifs (C(OH)–C–C–N with tert-alkyl or cyclic N) is 1. The summed E-state index contributed by atoms with van der Waals surface area (Å²) in [5.74, 6) is 0.787. The Bertz CT molecular complexity index is 622. The maximum Gasteiger partial charge on any atom is 0.129 e. The average molecular weight is 344 g/mol. The lowest BCUT2D eigenvalue weighted by Gasteiger charge is -2.34. The molecule has 2 aromatic rings. The number of benzene rings is 1. The first-order chi connectivity index (χ1) is 12.2. The molecule has 1 aliphatic rings. The molecule has 2 heterocycles. The van der Waals surface area contributed by atoms with Crippen molar-refractivity contribution in [2.45, 2.75) is 38.5 Å². The van der Waals surface area contributed by atoms with Crippen molar-refractivity contribution in [3.05, 3.63) is 54.0 Å². The molecule has 136 valence electrons. The lowest BCUT2D eigenvalue weighted by atomic mass is 10.0. The SMILES string of the molecule is Cc1cccc(NC2CCN(CC(O)COCc3ccco3)CC2)c1. The van der Waals surface area contributed by atoms with Crippen LogP contribution in [0.2, 0.25) is 0 Å². The molecule has 2 N–H and O–H groups in total. The van der Waals surface area contributed by atoms with Crippen molar-refractivity contribution in [3.63, 3.8) is 0 Å². The first kappa shape index (κ1) is 18.0. The number of ether oxygens (including phenoxy) is 1. The Balaban J connectivity index is 1.33. The maximum atomic E-state index is 10.1. The fraction of sp³-hybridized carbons (Fsp3) is 0.500. The number of nitrogens with zero attached hydrogens (tertiary/aromatic N) is 1. The number of aliphatic hydroxyl groups excluding tert-OH is 1. The topological polar surface area (TPSA) is 57.9 Å². The van der Waals surface area contributed by atoms with Gasteiger partial charge in [-0.05, 0) is 49.6 Å². The van der Waals surface area contributed by atoms with Crippen LogP contribution in [0.1, 0.15) is 24.2 Å². The number of nitrogens with one attached hydrogen (secondary N) is 1. The van der Waals surface area contributed by atoms with Gasteiger partial charge in [0.25, 0.3) is 0 Å². The molecule has 5 heteroatoms. The zero-order valence-electron chi connectivity index (χ0n) is 14.9. The highest BCUT2D eigenvalue weighted by molar-refractivity contribution is 5.46. The summed E-state index contributed by atoms with van der Waals surface area (Å²) in [4.78, 5) is 2.31. The summed E-state index contributed by atoms with van der Waals surface area (Å²) in [6, 6.07) is 12.7. The van der Waals surface area contributed by atoms with Crippen molar-refractivity contribution in [2.75, 3.05) is 31.6 Å². The van der Waals surface area contributed by atoms with E-state index in [4.69, 9.17) is 9.15 Å². The Morgan fingerprint density at radius 1 is 1.28 bits per heavy atom. The van der Waals surface area contributed by atoms with E-state index in [2.05, 4.69) is 41.4 Å². The molecular formula is C20H28N2O3. The number of aryl methyl sites for hydroxylation is 1. The molecule has 1 fully saturated rings. The Kier molecular flexibility index (Phi) is 6.50. The van der Waals surface area contributed by atoms with Crippen molar-refractivity contribution in [1.82, 2.24) is 4.90 Å². The van der Waals surface area contributed by atoms with Gasteiger partial charge in [-0.3, -0.25) is 0 Å². The van der Waals surface area contributed by atoms with E-state index < -0.39 is 6.10 Å². The normalized spacial score (nSPS) is 17.5. The Morgan fingerprint density at radius 2 is 2.12 bits per heavy atom. The van der Waals surface area contributed by atoms with Gasteiger partial charge in [0.05, 0.1) is 19.0 Å². The molecule has 0 bridgehead atoms. The van der Waals surface area contributed by atoms with Gasteiger partial charge in [-0.1, -0.05) is 12.1 Å². The third-order valence-electron chi connectivity index (χ3n) is 4.58. The standard InChI is InChI=1S/C20H28N2O3/c1-16-4-2-5-18(12-16)21-17-7-9-22(10-8-17)13-19(23)14-24-15-20-6-3-11-25-20/h2-6,11-12,17,19,21,23H,7-10,13-15H2,1H3. The zero-order chi connectivity index (χ0) is 17.5. The molecule has 1 aromatic heterocycles. The predicted molar refractivity (Wildman–Crippen MR) is 98.6 cm³/mol. The quantitative estimate of drug-likeness (QED) is 0.771. The molecule has 25 heavy (non-hydrogen) atoms. The van der Waals surface area contributed by atoms with Gasteiger partial charge in [0.1, 0.15) is 12.4 Å². The number of piperidine rings is 1. The number of rotatable bonds is 8. The van der Waals surface area contributed by atoms with Gasteiger partial charge >= 0.3 is 0 Å². The minimum Gasteiger partial charge on any atom is -0.467 e. The highest BCUT2D eigenvalue weighted by Crippen LogP contribution is 2.17. The number of anilines is 1. The molecule has 0 amide bonds. The van der Waals surface area contributed by atoms with Crippen LogP contribution >= 0.6 is 0 Å². The van der Waals surface area contributed by atoms with Crippen molar-refractivity contribution >= 4 is 5.69 Å². The van der Waals surface area contributed by atoms with Crippen molar-refractivity contribution in [1.29, 1.82) is 0 Å². The predicted octanol–water partition coefficient (Wildman–Crippen LogP) is 3.04. The number of hydrogen-bond donors (Lipinski definition) is 2. The second-order valence-electron chi connectivity index (χ2n) is 6.84. The van der Waals surface area contributed by atoms with Crippen LogP contribution in [0.3, 0.4) is 0 Å². The number of likely N-dealkylation sites (tertiary alicyclic amines) is 1. The molecule has 1 atom stereocenters. The fourth-order valence-electron chi connectivity index (χ4n) is 3.27. The van der Waals surface area contributed by atoms with Crippen LogP contribution in [0.4, 0.5) is 5.69 Å².